The molecule has 0 radical (unpaired) electrons. The molecule has 0 amide bonds. The third-order valence-corrected chi connectivity index (χ3v) is 2.75. The molecule has 92 valence electrons. The van der Waals surface area contributed by atoms with Crippen LogP contribution in [0.25, 0.3) is 0 Å². The van der Waals surface area contributed by atoms with E-state index in [4.69, 9.17) is 5.11 Å². The summed E-state index contributed by atoms with van der Waals surface area (Å²) in [5.74, 6) is -1.08. The van der Waals surface area contributed by atoms with Gasteiger partial charge in [0.1, 0.15) is 5.60 Å². The zero-order valence-corrected chi connectivity index (χ0v) is 9.65. The molecule has 0 bridgehead atoms. The molecule has 2 aromatic rings. The number of carbonyl (C=O) groups is 1. The van der Waals surface area contributed by atoms with Crippen molar-refractivity contribution in [3.05, 3.63) is 66.0 Å². The molecule has 1 aromatic carbocycles. The molecule has 0 fully saturated rings. The van der Waals surface area contributed by atoms with Gasteiger partial charge in [-0.2, -0.15) is 0 Å². The lowest BCUT2D eigenvalue weighted by Gasteiger charge is -2.26. The van der Waals surface area contributed by atoms with Gasteiger partial charge in [0.2, 0.25) is 0 Å². The molecule has 4 heteroatoms. The Hall–Kier alpha value is -2.20. The van der Waals surface area contributed by atoms with Gasteiger partial charge in [0.15, 0.2) is 0 Å². The average Bonchev–Trinajstić information content (AvgIpc) is 2.40. The van der Waals surface area contributed by atoms with E-state index in [1.165, 1.54) is 6.20 Å². The Balaban J connectivity index is 2.51. The van der Waals surface area contributed by atoms with Crippen molar-refractivity contribution in [2.24, 2.45) is 0 Å². The lowest BCUT2D eigenvalue weighted by Crippen LogP contribution is -2.31. The number of hydrogen-bond acceptors (Lipinski definition) is 3. The highest BCUT2D eigenvalue weighted by atomic mass is 16.4. The fourth-order valence-electron chi connectivity index (χ4n) is 1.88. The van der Waals surface area contributed by atoms with Crippen molar-refractivity contribution in [1.82, 2.24) is 4.98 Å². The minimum Gasteiger partial charge on any atom is -0.481 e. The van der Waals surface area contributed by atoms with Crippen molar-refractivity contribution in [2.45, 2.75) is 12.0 Å². The summed E-state index contributed by atoms with van der Waals surface area (Å²) in [6, 6.07) is 13.8. The van der Waals surface area contributed by atoms with Crippen LogP contribution in [0.5, 0.6) is 0 Å². The first-order valence-electron chi connectivity index (χ1n) is 5.54. The van der Waals surface area contributed by atoms with Crippen LogP contribution in [0.2, 0.25) is 0 Å². The smallest absolute Gasteiger partial charge is 0.307 e. The summed E-state index contributed by atoms with van der Waals surface area (Å²) in [6.07, 6.45) is 1.11. The molecule has 0 aliphatic carbocycles. The van der Waals surface area contributed by atoms with Gasteiger partial charge in [-0.15, -0.1) is 0 Å². The zero-order chi connectivity index (χ0) is 13.0. The number of carboxylic acid groups (broad SMARTS) is 1. The van der Waals surface area contributed by atoms with E-state index in [9.17, 15) is 9.90 Å². The summed E-state index contributed by atoms with van der Waals surface area (Å²) in [5.41, 5.74) is -0.751. The third-order valence-electron chi connectivity index (χ3n) is 2.75. The molecule has 0 aliphatic rings. The van der Waals surface area contributed by atoms with E-state index in [0.29, 0.717) is 11.3 Å². The van der Waals surface area contributed by atoms with Crippen LogP contribution < -0.4 is 0 Å². The molecule has 18 heavy (non-hydrogen) atoms. The fraction of sp³-hybridized carbons (Fsp3) is 0.143. The van der Waals surface area contributed by atoms with Crippen LogP contribution >= 0.6 is 0 Å². The lowest BCUT2D eigenvalue weighted by atomic mass is 9.87. The highest BCUT2D eigenvalue weighted by Gasteiger charge is 2.35. The van der Waals surface area contributed by atoms with Gasteiger partial charge in [-0.3, -0.25) is 9.78 Å². The van der Waals surface area contributed by atoms with E-state index in [2.05, 4.69) is 4.98 Å². The van der Waals surface area contributed by atoms with Crippen molar-refractivity contribution >= 4 is 5.97 Å². The Labute approximate surface area is 105 Å². The molecule has 0 saturated heterocycles. The normalized spacial score (nSPS) is 13.8. The molecular weight excluding hydrogens is 230 g/mol. The van der Waals surface area contributed by atoms with Crippen LogP contribution in [0.15, 0.2) is 54.7 Å². The zero-order valence-electron chi connectivity index (χ0n) is 9.65. The fourth-order valence-corrected chi connectivity index (χ4v) is 1.88. The average molecular weight is 243 g/mol. The largest absolute Gasteiger partial charge is 0.481 e. The van der Waals surface area contributed by atoms with E-state index < -0.39 is 18.0 Å². The SMILES string of the molecule is O=C(O)C[C@@](O)(c1ccccc1)c1ccccn1. The number of hydrogen-bond donors (Lipinski definition) is 2. The first-order valence-corrected chi connectivity index (χ1v) is 5.54. The van der Waals surface area contributed by atoms with Gasteiger partial charge in [-0.1, -0.05) is 36.4 Å². The van der Waals surface area contributed by atoms with Crippen LogP contribution in [-0.4, -0.2) is 21.2 Å². The Morgan fingerprint density at radius 2 is 1.78 bits per heavy atom. The van der Waals surface area contributed by atoms with Crippen LogP contribution in [0.1, 0.15) is 17.7 Å². The van der Waals surface area contributed by atoms with Gasteiger partial charge >= 0.3 is 5.97 Å². The standard InChI is InChI=1S/C14H13NO3/c16-13(17)10-14(18,11-6-2-1-3-7-11)12-8-4-5-9-15-12/h1-9,18H,10H2,(H,16,17)/t14-/m1/s1. The van der Waals surface area contributed by atoms with Crippen molar-refractivity contribution < 1.29 is 15.0 Å². The highest BCUT2D eigenvalue weighted by molar-refractivity contribution is 5.69. The topological polar surface area (TPSA) is 70.4 Å². The maximum Gasteiger partial charge on any atom is 0.307 e. The molecule has 4 nitrogen and oxygen atoms in total. The second kappa shape index (κ2) is 4.98. The number of aliphatic carboxylic acids is 1. The van der Waals surface area contributed by atoms with Gasteiger partial charge in [-0.05, 0) is 17.7 Å². The molecule has 1 heterocycles. The molecule has 2 rings (SSSR count). The van der Waals surface area contributed by atoms with Gasteiger partial charge < -0.3 is 10.2 Å². The second-order valence-electron chi connectivity index (χ2n) is 4.01. The van der Waals surface area contributed by atoms with Crippen LogP contribution in [0.3, 0.4) is 0 Å². The number of carboxylic acids is 1. The van der Waals surface area contributed by atoms with E-state index >= 15 is 0 Å². The maximum atomic E-state index is 11.0. The Kier molecular flexibility index (Phi) is 3.39. The van der Waals surface area contributed by atoms with Crippen molar-refractivity contribution in [2.75, 3.05) is 0 Å². The van der Waals surface area contributed by atoms with Crippen molar-refractivity contribution in [3.8, 4) is 0 Å². The first kappa shape index (κ1) is 12.3. The van der Waals surface area contributed by atoms with E-state index in [1.807, 2.05) is 6.07 Å². The van der Waals surface area contributed by atoms with Gasteiger partial charge in [0.25, 0.3) is 0 Å². The minimum atomic E-state index is -1.60. The highest BCUT2D eigenvalue weighted by Crippen LogP contribution is 2.31. The number of nitrogens with zero attached hydrogens (tertiary/aromatic N) is 1. The predicted octanol–water partition coefficient (Wildman–Crippen LogP) is 1.79. The summed E-state index contributed by atoms with van der Waals surface area (Å²) in [7, 11) is 0. The van der Waals surface area contributed by atoms with Crippen LogP contribution in [0, 0.1) is 0 Å². The number of benzene rings is 1. The first-order chi connectivity index (χ1) is 8.63. The number of rotatable bonds is 4. The second-order valence-corrected chi connectivity index (χ2v) is 4.01. The summed E-state index contributed by atoms with van der Waals surface area (Å²) in [6.45, 7) is 0. The quantitative estimate of drug-likeness (QED) is 0.858. The summed E-state index contributed by atoms with van der Waals surface area (Å²) in [4.78, 5) is 15.0. The maximum absolute atomic E-state index is 11.0. The van der Waals surface area contributed by atoms with Crippen LogP contribution in [0.4, 0.5) is 0 Å². The number of pyridine rings is 1. The molecular formula is C14H13NO3. The Morgan fingerprint density at radius 3 is 2.33 bits per heavy atom. The monoisotopic (exact) mass is 243 g/mol. The number of aromatic nitrogens is 1. The summed E-state index contributed by atoms with van der Waals surface area (Å²) >= 11 is 0. The molecule has 1 aromatic heterocycles. The lowest BCUT2D eigenvalue weighted by molar-refractivity contribution is -0.141. The molecule has 0 spiro atoms. The van der Waals surface area contributed by atoms with Crippen LogP contribution in [-0.2, 0) is 10.4 Å². The van der Waals surface area contributed by atoms with Gasteiger partial charge in [0, 0.05) is 6.20 Å². The van der Waals surface area contributed by atoms with E-state index in [1.54, 1.807) is 42.5 Å². The van der Waals surface area contributed by atoms with E-state index in [-0.39, 0.29) is 0 Å². The Bertz CT molecular complexity index is 486. The van der Waals surface area contributed by atoms with Gasteiger partial charge in [-0.25, -0.2) is 0 Å². The molecule has 0 aliphatic heterocycles. The molecule has 0 saturated carbocycles. The van der Waals surface area contributed by atoms with Gasteiger partial charge in [0.05, 0.1) is 12.1 Å². The molecule has 0 unspecified atom stereocenters. The molecule has 1 atom stereocenters. The third kappa shape index (κ3) is 2.38. The summed E-state index contributed by atoms with van der Waals surface area (Å²) in [5, 5.41) is 19.7. The predicted molar refractivity (Wildman–Crippen MR) is 65.9 cm³/mol. The minimum absolute atomic E-state index is 0.332. The summed E-state index contributed by atoms with van der Waals surface area (Å²) < 4.78 is 0. The number of aliphatic hydroxyl groups is 1. The molecule has 2 N–H and O–H groups in total. The Morgan fingerprint density at radius 1 is 1.11 bits per heavy atom. The van der Waals surface area contributed by atoms with Crippen molar-refractivity contribution in [1.29, 1.82) is 0 Å². The van der Waals surface area contributed by atoms with Crippen molar-refractivity contribution in [3.63, 3.8) is 0 Å². The van der Waals surface area contributed by atoms with E-state index in [0.717, 1.165) is 0 Å².